The molecule has 3 aromatic rings. The maximum atomic E-state index is 15.5. The predicted octanol–water partition coefficient (Wildman–Crippen LogP) is 2.36. The van der Waals surface area contributed by atoms with Crippen LogP contribution in [-0.2, 0) is 18.6 Å². The van der Waals surface area contributed by atoms with Gasteiger partial charge in [0.2, 0.25) is 5.95 Å². The van der Waals surface area contributed by atoms with Crippen LogP contribution >= 0.6 is 7.75 Å². The maximum absolute atomic E-state index is 15.5. The van der Waals surface area contributed by atoms with Crippen molar-refractivity contribution in [2.75, 3.05) is 24.7 Å². The Morgan fingerprint density at radius 3 is 2.62 bits per heavy atom. The molecule has 1 aliphatic rings. The van der Waals surface area contributed by atoms with Gasteiger partial charge in [0.25, 0.3) is 0 Å². The van der Waals surface area contributed by atoms with E-state index in [9.17, 15) is 14.8 Å². The van der Waals surface area contributed by atoms with Gasteiger partial charge in [0, 0.05) is 7.05 Å². The van der Waals surface area contributed by atoms with Gasteiger partial charge in [-0.05, 0) is 39.8 Å². The molecule has 0 bridgehead atoms. The largest absolute Gasteiger partial charge is 0.459 e. The van der Waals surface area contributed by atoms with Gasteiger partial charge in [0.05, 0.1) is 25.1 Å². The van der Waals surface area contributed by atoms with Gasteiger partial charge in [-0.25, -0.2) is 19.0 Å². The van der Waals surface area contributed by atoms with E-state index in [0.29, 0.717) is 11.3 Å². The summed E-state index contributed by atoms with van der Waals surface area (Å²) < 4.78 is 53.4. The standard InChI is InChI=1S/C24H35FN7O7P/c1-13(2)37-22(34)14(3)31-40(35,39-15-9-7-6-8-10-15)36-11-24(4)18(33)16(25)21(38-24)32-12-28-17-19(27-5)29-23(26)30-20(17)32/h6-10,12-14,16,18,21-22,33-34H,11H2,1-5H3,(H,31,35)(H3,26,27,29,30)/t14-,16+,18-,21+,22?,24+,40?/m0/s1. The SMILES string of the molecule is CNc1nc(N)nc2c1ncn2[C@@H]1O[C@](C)(COP(=O)(N[C@@H](C)C(O)OC(C)C)Oc2ccccc2)[C@@H](O)[C@H]1F. The number of halogens is 1. The summed E-state index contributed by atoms with van der Waals surface area (Å²) in [4.78, 5) is 12.5. The minimum atomic E-state index is -4.24. The third-order valence-corrected chi connectivity index (χ3v) is 7.87. The van der Waals surface area contributed by atoms with Gasteiger partial charge in [-0.1, -0.05) is 18.2 Å². The van der Waals surface area contributed by atoms with Crippen LogP contribution < -0.4 is 20.7 Å². The normalized spacial score (nSPS) is 26.1. The van der Waals surface area contributed by atoms with E-state index in [2.05, 4.69) is 25.4 Å². The Morgan fingerprint density at radius 1 is 1.27 bits per heavy atom. The van der Waals surface area contributed by atoms with Crippen LogP contribution in [0.3, 0.4) is 0 Å². The number of nitrogens with two attached hydrogens (primary N) is 1. The summed E-state index contributed by atoms with van der Waals surface area (Å²) in [7, 11) is -2.61. The van der Waals surface area contributed by atoms with Gasteiger partial charge in [-0.3, -0.25) is 9.09 Å². The molecular weight excluding hydrogens is 548 g/mol. The lowest BCUT2D eigenvalue weighted by molar-refractivity contribution is -0.138. The number of alkyl halides is 1. The highest BCUT2D eigenvalue weighted by Crippen LogP contribution is 2.48. The first-order valence-corrected chi connectivity index (χ1v) is 14.2. The highest BCUT2D eigenvalue weighted by atomic mass is 31.2. The zero-order chi connectivity index (χ0) is 29.2. The van der Waals surface area contributed by atoms with E-state index in [-0.39, 0.29) is 23.4 Å². The van der Waals surface area contributed by atoms with E-state index in [1.54, 1.807) is 51.2 Å². The zero-order valence-corrected chi connectivity index (χ0v) is 23.7. The summed E-state index contributed by atoms with van der Waals surface area (Å²) in [5, 5.41) is 26.7. The van der Waals surface area contributed by atoms with Crippen LogP contribution in [0.1, 0.15) is 33.9 Å². The number of rotatable bonds is 12. The molecule has 1 aromatic carbocycles. The van der Waals surface area contributed by atoms with Gasteiger partial charge in [0.15, 0.2) is 35.7 Å². The van der Waals surface area contributed by atoms with Gasteiger partial charge in [-0.15, -0.1) is 0 Å². The van der Waals surface area contributed by atoms with Gasteiger partial charge < -0.3 is 35.3 Å². The Hall–Kier alpha value is -2.91. The lowest BCUT2D eigenvalue weighted by atomic mass is 9.99. The minimum absolute atomic E-state index is 0.0681. The molecule has 40 heavy (non-hydrogen) atoms. The molecule has 1 saturated heterocycles. The first kappa shape index (κ1) is 30.1. The summed E-state index contributed by atoms with van der Waals surface area (Å²) >= 11 is 0. The summed E-state index contributed by atoms with van der Waals surface area (Å²) in [6, 6.07) is 7.33. The van der Waals surface area contributed by atoms with Crippen molar-refractivity contribution in [3.63, 3.8) is 0 Å². The number of nitrogens with one attached hydrogen (secondary N) is 2. The molecule has 2 aromatic heterocycles. The summed E-state index contributed by atoms with van der Waals surface area (Å²) in [6.45, 7) is 5.86. The number of ether oxygens (including phenoxy) is 2. The molecular formula is C24H35FN7O7P. The fourth-order valence-electron chi connectivity index (χ4n) is 4.16. The molecule has 2 unspecified atom stereocenters. The van der Waals surface area contributed by atoms with Crippen molar-refractivity contribution >= 4 is 30.7 Å². The first-order chi connectivity index (χ1) is 18.9. The van der Waals surface area contributed by atoms with Crippen LogP contribution in [0.5, 0.6) is 5.75 Å². The lowest BCUT2D eigenvalue weighted by Crippen LogP contribution is -2.45. The third-order valence-electron chi connectivity index (χ3n) is 6.23. The molecule has 0 amide bonds. The van der Waals surface area contributed by atoms with Crippen molar-refractivity contribution in [1.29, 1.82) is 0 Å². The molecule has 0 spiro atoms. The number of imidazole rings is 1. The highest BCUT2D eigenvalue weighted by Gasteiger charge is 2.55. The van der Waals surface area contributed by atoms with Crippen LogP contribution in [0.25, 0.3) is 11.2 Å². The third kappa shape index (κ3) is 6.36. The van der Waals surface area contributed by atoms with Crippen molar-refractivity contribution in [3.8, 4) is 5.75 Å². The van der Waals surface area contributed by atoms with E-state index in [4.69, 9.17) is 24.3 Å². The van der Waals surface area contributed by atoms with Crippen LogP contribution in [0.4, 0.5) is 16.2 Å². The molecule has 6 N–H and O–H groups in total. The molecule has 7 atom stereocenters. The molecule has 14 nitrogen and oxygen atoms in total. The lowest BCUT2D eigenvalue weighted by Gasteiger charge is -2.31. The van der Waals surface area contributed by atoms with E-state index >= 15 is 4.39 Å². The monoisotopic (exact) mass is 583 g/mol. The van der Waals surface area contributed by atoms with Crippen molar-refractivity contribution in [1.82, 2.24) is 24.6 Å². The number of hydrogen-bond donors (Lipinski definition) is 5. The van der Waals surface area contributed by atoms with Crippen molar-refractivity contribution in [2.24, 2.45) is 0 Å². The number of hydrogen-bond acceptors (Lipinski definition) is 12. The number of benzene rings is 1. The summed E-state index contributed by atoms with van der Waals surface area (Å²) in [6.07, 6.45) is -5.35. The number of para-hydroxylation sites is 1. The second-order valence-corrected chi connectivity index (χ2v) is 11.6. The second kappa shape index (κ2) is 11.9. The Morgan fingerprint density at radius 2 is 1.98 bits per heavy atom. The molecule has 1 fully saturated rings. The minimum Gasteiger partial charge on any atom is -0.413 e. The smallest absolute Gasteiger partial charge is 0.413 e. The second-order valence-electron chi connectivity index (χ2n) is 9.88. The molecule has 0 aliphatic carbocycles. The van der Waals surface area contributed by atoms with Crippen molar-refractivity contribution < 1.29 is 37.7 Å². The van der Waals surface area contributed by atoms with Gasteiger partial charge in [-0.2, -0.15) is 9.97 Å². The fraction of sp³-hybridized carbons (Fsp3) is 0.542. The molecule has 16 heteroatoms. The molecule has 3 heterocycles. The Labute approximate surface area is 230 Å². The molecule has 4 rings (SSSR count). The number of nitrogen functional groups attached to an aromatic ring is 1. The van der Waals surface area contributed by atoms with Crippen LogP contribution in [0.2, 0.25) is 0 Å². The molecule has 0 saturated carbocycles. The molecule has 1 aliphatic heterocycles. The van der Waals surface area contributed by atoms with Crippen LogP contribution in [0, 0.1) is 0 Å². The summed E-state index contributed by atoms with van der Waals surface area (Å²) in [5.74, 6) is 0.484. The number of aliphatic hydroxyl groups excluding tert-OH is 2. The van der Waals surface area contributed by atoms with Gasteiger partial charge >= 0.3 is 7.75 Å². The Bertz CT molecular complexity index is 1350. The van der Waals surface area contributed by atoms with E-state index < -0.39 is 50.8 Å². The average Bonchev–Trinajstić information content (AvgIpc) is 3.41. The molecule has 0 radical (unpaired) electrons. The number of aromatic nitrogens is 4. The number of nitrogens with zero attached hydrogens (tertiary/aromatic N) is 4. The molecule has 220 valence electrons. The van der Waals surface area contributed by atoms with E-state index in [0.717, 1.165) is 0 Å². The number of aliphatic hydroxyl groups is 2. The summed E-state index contributed by atoms with van der Waals surface area (Å²) in [5.41, 5.74) is 4.64. The first-order valence-electron chi connectivity index (χ1n) is 12.6. The Kier molecular flexibility index (Phi) is 8.95. The van der Waals surface area contributed by atoms with Crippen LogP contribution in [-0.4, -0.2) is 79.7 Å². The van der Waals surface area contributed by atoms with E-state index in [1.165, 1.54) is 24.7 Å². The van der Waals surface area contributed by atoms with Crippen molar-refractivity contribution in [3.05, 3.63) is 36.7 Å². The Balaban J connectivity index is 1.57. The average molecular weight is 584 g/mol. The predicted molar refractivity (Wildman–Crippen MR) is 144 cm³/mol. The number of fused-ring (bicyclic) bond motifs is 1. The maximum Gasteiger partial charge on any atom is 0.459 e. The van der Waals surface area contributed by atoms with Gasteiger partial charge in [0.1, 0.15) is 17.5 Å². The van der Waals surface area contributed by atoms with Crippen molar-refractivity contribution in [2.45, 2.75) is 70.2 Å². The zero-order valence-electron chi connectivity index (χ0n) is 22.8. The quantitative estimate of drug-likeness (QED) is 0.155. The topological polar surface area (TPSA) is 188 Å². The number of anilines is 2. The van der Waals surface area contributed by atoms with Crippen LogP contribution in [0.15, 0.2) is 36.7 Å². The fourth-order valence-corrected chi connectivity index (χ4v) is 5.79. The van der Waals surface area contributed by atoms with E-state index in [1.807, 2.05) is 0 Å². The highest BCUT2D eigenvalue weighted by molar-refractivity contribution is 7.52.